The summed E-state index contributed by atoms with van der Waals surface area (Å²) in [5, 5.41) is 13.0. The standard InChI is InChI=1S/C9H16N2OS/c1-7(2)9(12,6-10)5-8-11-3-4-13-8/h3-4,7,12H,5-6,10H2,1-2H3. The van der Waals surface area contributed by atoms with Crippen LogP contribution in [-0.2, 0) is 6.42 Å². The summed E-state index contributed by atoms with van der Waals surface area (Å²) in [5.74, 6) is 0.154. The lowest BCUT2D eigenvalue weighted by Crippen LogP contribution is -2.44. The zero-order valence-corrected chi connectivity index (χ0v) is 8.84. The smallest absolute Gasteiger partial charge is 0.0954 e. The highest BCUT2D eigenvalue weighted by Gasteiger charge is 2.30. The van der Waals surface area contributed by atoms with Crippen molar-refractivity contribution in [1.29, 1.82) is 0 Å². The number of hydrogen-bond donors (Lipinski definition) is 2. The van der Waals surface area contributed by atoms with Crippen LogP contribution in [0.3, 0.4) is 0 Å². The molecule has 3 N–H and O–H groups in total. The van der Waals surface area contributed by atoms with Crippen LogP contribution in [0.1, 0.15) is 18.9 Å². The Balaban J connectivity index is 2.69. The predicted octanol–water partition coefficient (Wildman–Crippen LogP) is 1.03. The van der Waals surface area contributed by atoms with Crippen LogP contribution in [0, 0.1) is 5.92 Å². The number of rotatable bonds is 4. The average Bonchev–Trinajstić information content (AvgIpc) is 2.56. The molecule has 1 atom stereocenters. The van der Waals surface area contributed by atoms with Gasteiger partial charge in [0.1, 0.15) is 0 Å². The molecule has 0 saturated heterocycles. The number of aliphatic hydroxyl groups is 1. The van der Waals surface area contributed by atoms with E-state index < -0.39 is 5.60 Å². The molecule has 4 heteroatoms. The van der Waals surface area contributed by atoms with Gasteiger partial charge in [-0.1, -0.05) is 13.8 Å². The molecule has 0 aromatic carbocycles. The van der Waals surface area contributed by atoms with Gasteiger partial charge in [0.2, 0.25) is 0 Å². The third-order valence-electron chi connectivity index (χ3n) is 2.37. The zero-order chi connectivity index (χ0) is 9.90. The van der Waals surface area contributed by atoms with Crippen molar-refractivity contribution in [3.05, 3.63) is 16.6 Å². The van der Waals surface area contributed by atoms with E-state index in [2.05, 4.69) is 4.98 Å². The van der Waals surface area contributed by atoms with Gasteiger partial charge in [0, 0.05) is 24.5 Å². The van der Waals surface area contributed by atoms with Crippen LogP contribution >= 0.6 is 11.3 Å². The van der Waals surface area contributed by atoms with E-state index in [1.54, 1.807) is 17.5 Å². The molecule has 13 heavy (non-hydrogen) atoms. The van der Waals surface area contributed by atoms with Gasteiger partial charge < -0.3 is 10.8 Å². The van der Waals surface area contributed by atoms with Gasteiger partial charge >= 0.3 is 0 Å². The highest BCUT2D eigenvalue weighted by atomic mass is 32.1. The van der Waals surface area contributed by atoms with Gasteiger partial charge in [0.25, 0.3) is 0 Å². The molecule has 0 saturated carbocycles. The Morgan fingerprint density at radius 3 is 2.77 bits per heavy atom. The molecule has 0 aliphatic heterocycles. The van der Waals surface area contributed by atoms with Gasteiger partial charge in [0.15, 0.2) is 0 Å². The largest absolute Gasteiger partial charge is 0.388 e. The second kappa shape index (κ2) is 4.17. The van der Waals surface area contributed by atoms with E-state index in [1.165, 1.54) is 0 Å². The van der Waals surface area contributed by atoms with E-state index >= 15 is 0 Å². The topological polar surface area (TPSA) is 59.1 Å². The van der Waals surface area contributed by atoms with Crippen molar-refractivity contribution in [2.75, 3.05) is 6.54 Å². The molecule has 1 rings (SSSR count). The maximum atomic E-state index is 10.1. The van der Waals surface area contributed by atoms with Crippen molar-refractivity contribution >= 4 is 11.3 Å². The Bertz CT molecular complexity index is 248. The van der Waals surface area contributed by atoms with Gasteiger partial charge in [-0.2, -0.15) is 0 Å². The van der Waals surface area contributed by atoms with Gasteiger partial charge in [-0.25, -0.2) is 4.98 Å². The Kier molecular flexibility index (Phi) is 3.41. The molecule has 1 heterocycles. The number of nitrogens with zero attached hydrogens (tertiary/aromatic N) is 1. The van der Waals surface area contributed by atoms with E-state index in [1.807, 2.05) is 19.2 Å². The van der Waals surface area contributed by atoms with Gasteiger partial charge in [-0.3, -0.25) is 0 Å². The third kappa shape index (κ3) is 2.49. The van der Waals surface area contributed by atoms with Crippen LogP contribution in [0.15, 0.2) is 11.6 Å². The molecule has 74 valence electrons. The molecule has 1 aromatic heterocycles. The van der Waals surface area contributed by atoms with Crippen molar-refractivity contribution in [2.24, 2.45) is 11.7 Å². The van der Waals surface area contributed by atoms with Crippen molar-refractivity contribution in [3.8, 4) is 0 Å². The summed E-state index contributed by atoms with van der Waals surface area (Å²) in [7, 11) is 0. The van der Waals surface area contributed by atoms with E-state index in [4.69, 9.17) is 5.73 Å². The van der Waals surface area contributed by atoms with E-state index in [-0.39, 0.29) is 12.5 Å². The Labute approximate surface area is 82.6 Å². The minimum absolute atomic E-state index is 0.154. The van der Waals surface area contributed by atoms with Gasteiger partial charge in [0.05, 0.1) is 10.6 Å². The number of aromatic nitrogens is 1. The van der Waals surface area contributed by atoms with Gasteiger partial charge in [-0.15, -0.1) is 11.3 Å². The van der Waals surface area contributed by atoms with Crippen molar-refractivity contribution in [2.45, 2.75) is 25.9 Å². The molecule has 0 amide bonds. The quantitative estimate of drug-likeness (QED) is 0.763. The van der Waals surface area contributed by atoms with Crippen molar-refractivity contribution < 1.29 is 5.11 Å². The fraction of sp³-hybridized carbons (Fsp3) is 0.667. The van der Waals surface area contributed by atoms with Crippen molar-refractivity contribution in [3.63, 3.8) is 0 Å². The lowest BCUT2D eigenvalue weighted by Gasteiger charge is -2.29. The SMILES string of the molecule is CC(C)C(O)(CN)Cc1nccs1. The highest BCUT2D eigenvalue weighted by Crippen LogP contribution is 2.22. The van der Waals surface area contributed by atoms with E-state index in [0.717, 1.165) is 5.01 Å². The fourth-order valence-corrected chi connectivity index (χ4v) is 1.85. The number of nitrogens with two attached hydrogens (primary N) is 1. The molecular formula is C9H16N2OS. The summed E-state index contributed by atoms with van der Waals surface area (Å²) in [6, 6.07) is 0. The number of hydrogen-bond acceptors (Lipinski definition) is 4. The molecule has 0 bridgehead atoms. The van der Waals surface area contributed by atoms with Crippen molar-refractivity contribution in [1.82, 2.24) is 4.98 Å². The van der Waals surface area contributed by atoms with Crippen LogP contribution in [0.4, 0.5) is 0 Å². The monoisotopic (exact) mass is 200 g/mol. The van der Waals surface area contributed by atoms with Crippen LogP contribution in [-0.4, -0.2) is 22.2 Å². The molecule has 0 aliphatic carbocycles. The Morgan fingerprint density at radius 1 is 1.69 bits per heavy atom. The van der Waals surface area contributed by atoms with Crippen LogP contribution in [0.2, 0.25) is 0 Å². The lowest BCUT2D eigenvalue weighted by atomic mass is 9.87. The first-order chi connectivity index (χ1) is 6.08. The summed E-state index contributed by atoms with van der Waals surface area (Å²) < 4.78 is 0. The Morgan fingerprint density at radius 2 is 2.38 bits per heavy atom. The third-order valence-corrected chi connectivity index (χ3v) is 3.15. The zero-order valence-electron chi connectivity index (χ0n) is 8.03. The first-order valence-electron chi connectivity index (χ1n) is 4.39. The highest BCUT2D eigenvalue weighted by molar-refractivity contribution is 7.09. The molecule has 0 spiro atoms. The molecule has 0 fully saturated rings. The van der Waals surface area contributed by atoms with E-state index in [0.29, 0.717) is 6.42 Å². The predicted molar refractivity (Wildman–Crippen MR) is 54.7 cm³/mol. The first kappa shape index (κ1) is 10.6. The second-order valence-electron chi connectivity index (χ2n) is 3.57. The Hall–Kier alpha value is -0.450. The molecular weight excluding hydrogens is 184 g/mol. The average molecular weight is 200 g/mol. The van der Waals surface area contributed by atoms with Crippen LogP contribution in [0.25, 0.3) is 0 Å². The van der Waals surface area contributed by atoms with Crippen LogP contribution in [0.5, 0.6) is 0 Å². The lowest BCUT2D eigenvalue weighted by molar-refractivity contribution is 0.00404. The summed E-state index contributed by atoms with van der Waals surface area (Å²) in [6.45, 7) is 4.23. The molecule has 0 radical (unpaired) electrons. The molecule has 1 aromatic rings. The molecule has 1 unspecified atom stereocenters. The summed E-state index contributed by atoms with van der Waals surface area (Å²) in [4.78, 5) is 4.13. The minimum Gasteiger partial charge on any atom is -0.388 e. The van der Waals surface area contributed by atoms with Crippen LogP contribution < -0.4 is 5.73 Å². The first-order valence-corrected chi connectivity index (χ1v) is 5.27. The second-order valence-corrected chi connectivity index (χ2v) is 4.54. The minimum atomic E-state index is -0.808. The van der Waals surface area contributed by atoms with Gasteiger partial charge in [-0.05, 0) is 5.92 Å². The summed E-state index contributed by atoms with van der Waals surface area (Å²) in [5.41, 5.74) is 4.74. The summed E-state index contributed by atoms with van der Waals surface area (Å²) >= 11 is 1.56. The van der Waals surface area contributed by atoms with E-state index in [9.17, 15) is 5.11 Å². The fourth-order valence-electron chi connectivity index (χ4n) is 1.11. The summed E-state index contributed by atoms with van der Waals surface area (Å²) in [6.07, 6.45) is 2.30. The maximum Gasteiger partial charge on any atom is 0.0954 e. The maximum absolute atomic E-state index is 10.1. The molecule has 3 nitrogen and oxygen atoms in total. The normalized spacial score (nSPS) is 16.1. The molecule has 0 aliphatic rings. The number of thiazole rings is 1.